The zero-order chi connectivity index (χ0) is 19.8. The minimum Gasteiger partial charge on any atom is -0.495 e. The van der Waals surface area contributed by atoms with Crippen LogP contribution < -0.4 is 10.1 Å². The predicted molar refractivity (Wildman–Crippen MR) is 99.7 cm³/mol. The van der Waals surface area contributed by atoms with Crippen LogP contribution in [0.1, 0.15) is 5.56 Å². The van der Waals surface area contributed by atoms with E-state index in [1.807, 2.05) is 0 Å². The minimum absolute atomic E-state index is 0.143. The van der Waals surface area contributed by atoms with E-state index in [0.717, 1.165) is 6.08 Å². The van der Waals surface area contributed by atoms with Crippen molar-refractivity contribution in [3.63, 3.8) is 0 Å². The van der Waals surface area contributed by atoms with Crippen molar-refractivity contribution < 1.29 is 24.0 Å². The number of ether oxygens (including phenoxy) is 2. The number of hydrogen-bond acceptors (Lipinski definition) is 6. The molecule has 0 atom stereocenters. The highest BCUT2D eigenvalue weighted by Gasteiger charge is 2.11. The van der Waals surface area contributed by atoms with Gasteiger partial charge in [-0.05, 0) is 30.3 Å². The fraction of sp³-hybridized carbons (Fsp3) is 0.111. The lowest BCUT2D eigenvalue weighted by Gasteiger charge is -2.08. The molecule has 2 aromatic rings. The van der Waals surface area contributed by atoms with Crippen molar-refractivity contribution in [2.24, 2.45) is 0 Å². The third-order valence-corrected chi connectivity index (χ3v) is 3.61. The Bertz CT molecular complexity index is 897. The van der Waals surface area contributed by atoms with E-state index in [0.29, 0.717) is 16.5 Å². The molecule has 0 radical (unpaired) electrons. The van der Waals surface area contributed by atoms with Gasteiger partial charge in [-0.15, -0.1) is 0 Å². The van der Waals surface area contributed by atoms with Gasteiger partial charge >= 0.3 is 5.97 Å². The maximum absolute atomic E-state index is 11.8. The number of nitrogens with zero attached hydrogens (tertiary/aromatic N) is 1. The zero-order valence-corrected chi connectivity index (χ0v) is 14.9. The number of para-hydroxylation sites is 1. The summed E-state index contributed by atoms with van der Waals surface area (Å²) in [7, 11) is 1.47. The van der Waals surface area contributed by atoms with E-state index in [1.165, 1.54) is 37.5 Å². The molecule has 0 aliphatic rings. The van der Waals surface area contributed by atoms with Crippen LogP contribution in [0.5, 0.6) is 5.75 Å². The summed E-state index contributed by atoms with van der Waals surface area (Å²) in [6.07, 6.45) is 2.27. The Morgan fingerprint density at radius 1 is 1.26 bits per heavy atom. The summed E-state index contributed by atoms with van der Waals surface area (Å²) >= 11 is 5.96. The molecule has 0 bridgehead atoms. The lowest BCUT2D eigenvalue weighted by Crippen LogP contribution is -2.20. The Hall–Kier alpha value is -3.39. The molecule has 0 aliphatic carbocycles. The van der Waals surface area contributed by atoms with Gasteiger partial charge in [-0.25, -0.2) is 4.79 Å². The maximum Gasteiger partial charge on any atom is 0.331 e. The number of amides is 1. The first-order valence-electron chi connectivity index (χ1n) is 7.62. The highest BCUT2D eigenvalue weighted by Crippen LogP contribution is 2.27. The van der Waals surface area contributed by atoms with Crippen LogP contribution in [0, 0.1) is 10.1 Å². The Balaban J connectivity index is 1.89. The Kier molecular flexibility index (Phi) is 6.90. The van der Waals surface area contributed by atoms with E-state index in [-0.39, 0.29) is 11.3 Å². The van der Waals surface area contributed by atoms with E-state index in [9.17, 15) is 19.7 Å². The molecule has 140 valence electrons. The fourth-order valence-electron chi connectivity index (χ4n) is 2.08. The van der Waals surface area contributed by atoms with E-state index >= 15 is 0 Å². The second-order valence-electron chi connectivity index (χ2n) is 5.15. The number of carbonyl (C=O) groups is 2. The molecule has 0 unspecified atom stereocenters. The summed E-state index contributed by atoms with van der Waals surface area (Å²) in [4.78, 5) is 33.9. The maximum atomic E-state index is 11.8. The van der Waals surface area contributed by atoms with Crippen LogP contribution in [0.2, 0.25) is 5.02 Å². The van der Waals surface area contributed by atoms with Gasteiger partial charge in [0.2, 0.25) is 0 Å². The Morgan fingerprint density at radius 3 is 2.67 bits per heavy atom. The number of nitro groups is 1. The summed E-state index contributed by atoms with van der Waals surface area (Å²) in [6, 6.07) is 10.6. The lowest BCUT2D eigenvalue weighted by atomic mass is 10.1. The molecule has 0 aromatic heterocycles. The molecule has 2 rings (SSSR count). The van der Waals surface area contributed by atoms with Crippen molar-refractivity contribution >= 4 is 40.9 Å². The first kappa shape index (κ1) is 19.9. The predicted octanol–water partition coefficient (Wildman–Crippen LogP) is 3.45. The number of halogens is 1. The molecule has 2 aromatic carbocycles. The number of rotatable bonds is 7. The van der Waals surface area contributed by atoms with Gasteiger partial charge in [0.05, 0.1) is 22.6 Å². The Morgan fingerprint density at radius 2 is 2.00 bits per heavy atom. The number of anilines is 1. The van der Waals surface area contributed by atoms with Crippen molar-refractivity contribution in [2.45, 2.75) is 0 Å². The number of carbonyl (C=O) groups excluding carboxylic acids is 2. The van der Waals surface area contributed by atoms with Crippen LogP contribution in [-0.4, -0.2) is 30.5 Å². The highest BCUT2D eigenvalue weighted by atomic mass is 35.5. The monoisotopic (exact) mass is 390 g/mol. The molecule has 9 heteroatoms. The number of methoxy groups -OCH3 is 1. The van der Waals surface area contributed by atoms with Crippen LogP contribution in [0.3, 0.4) is 0 Å². The Labute approximate surface area is 159 Å². The average molecular weight is 391 g/mol. The average Bonchev–Trinajstić information content (AvgIpc) is 2.65. The summed E-state index contributed by atoms with van der Waals surface area (Å²) in [5.41, 5.74) is 0.518. The van der Waals surface area contributed by atoms with Crippen LogP contribution in [0.15, 0.2) is 48.5 Å². The number of esters is 1. The van der Waals surface area contributed by atoms with Gasteiger partial charge in [0.1, 0.15) is 5.75 Å². The summed E-state index contributed by atoms with van der Waals surface area (Å²) in [5, 5.41) is 13.7. The molecule has 27 heavy (non-hydrogen) atoms. The topological polar surface area (TPSA) is 108 Å². The molecule has 0 aliphatic heterocycles. The van der Waals surface area contributed by atoms with Crippen molar-refractivity contribution in [3.8, 4) is 5.75 Å². The number of benzene rings is 2. The molecular formula is C18H15ClN2O6. The molecular weight excluding hydrogens is 376 g/mol. The first-order chi connectivity index (χ1) is 12.9. The van der Waals surface area contributed by atoms with Gasteiger partial charge in [-0.1, -0.05) is 23.7 Å². The van der Waals surface area contributed by atoms with Crippen molar-refractivity contribution in [3.05, 3.63) is 69.2 Å². The van der Waals surface area contributed by atoms with Gasteiger partial charge < -0.3 is 14.8 Å². The standard InChI is InChI=1S/C18H15ClN2O6/c1-26-16-8-7-13(10-14(16)19)20-17(22)11-27-18(23)9-6-12-4-2-3-5-15(12)21(24)25/h2-10H,11H2,1H3,(H,20,22)/b9-6+. The van der Waals surface area contributed by atoms with Gasteiger partial charge in [-0.3, -0.25) is 14.9 Å². The minimum atomic E-state index is -0.809. The molecule has 0 saturated heterocycles. The van der Waals surface area contributed by atoms with Gasteiger partial charge in [0.15, 0.2) is 6.61 Å². The van der Waals surface area contributed by atoms with Crippen molar-refractivity contribution in [2.75, 3.05) is 19.0 Å². The normalized spacial score (nSPS) is 10.4. The molecule has 8 nitrogen and oxygen atoms in total. The van der Waals surface area contributed by atoms with Gasteiger partial charge in [0, 0.05) is 17.8 Å². The summed E-state index contributed by atoms with van der Waals surface area (Å²) in [5.74, 6) is -0.916. The third kappa shape index (κ3) is 5.82. The quantitative estimate of drug-likeness (QED) is 0.336. The summed E-state index contributed by atoms with van der Waals surface area (Å²) < 4.78 is 9.81. The van der Waals surface area contributed by atoms with Crippen LogP contribution in [-0.2, 0) is 14.3 Å². The third-order valence-electron chi connectivity index (χ3n) is 3.31. The van der Waals surface area contributed by atoms with E-state index < -0.39 is 23.4 Å². The molecule has 0 fully saturated rings. The van der Waals surface area contributed by atoms with E-state index in [1.54, 1.807) is 18.2 Å². The second kappa shape index (κ2) is 9.35. The zero-order valence-electron chi connectivity index (χ0n) is 14.2. The number of hydrogen-bond donors (Lipinski definition) is 1. The van der Waals surface area contributed by atoms with Gasteiger partial charge in [0.25, 0.3) is 11.6 Å². The molecule has 1 amide bonds. The van der Waals surface area contributed by atoms with Crippen LogP contribution in [0.4, 0.5) is 11.4 Å². The lowest BCUT2D eigenvalue weighted by molar-refractivity contribution is -0.385. The summed E-state index contributed by atoms with van der Waals surface area (Å²) in [6.45, 7) is -0.524. The fourth-order valence-corrected chi connectivity index (χ4v) is 2.34. The van der Waals surface area contributed by atoms with E-state index in [2.05, 4.69) is 5.32 Å². The van der Waals surface area contributed by atoms with E-state index in [4.69, 9.17) is 21.1 Å². The largest absolute Gasteiger partial charge is 0.495 e. The van der Waals surface area contributed by atoms with Crippen LogP contribution in [0.25, 0.3) is 6.08 Å². The second-order valence-corrected chi connectivity index (χ2v) is 5.56. The molecule has 0 spiro atoms. The molecule has 1 N–H and O–H groups in total. The highest BCUT2D eigenvalue weighted by molar-refractivity contribution is 6.32. The number of nitrogens with one attached hydrogen (secondary N) is 1. The van der Waals surface area contributed by atoms with Crippen molar-refractivity contribution in [1.29, 1.82) is 0 Å². The number of nitro benzene ring substituents is 1. The SMILES string of the molecule is COc1ccc(NC(=O)COC(=O)/C=C/c2ccccc2[N+](=O)[O-])cc1Cl. The van der Waals surface area contributed by atoms with Gasteiger partial charge in [-0.2, -0.15) is 0 Å². The first-order valence-corrected chi connectivity index (χ1v) is 8.00. The molecule has 0 heterocycles. The van der Waals surface area contributed by atoms with Crippen LogP contribution >= 0.6 is 11.6 Å². The molecule has 0 saturated carbocycles. The smallest absolute Gasteiger partial charge is 0.331 e. The van der Waals surface area contributed by atoms with Crippen molar-refractivity contribution in [1.82, 2.24) is 0 Å².